The van der Waals surface area contributed by atoms with Gasteiger partial charge >= 0.3 is 0 Å². The Morgan fingerprint density at radius 1 is 0.900 bits per heavy atom. The van der Waals surface area contributed by atoms with Crippen molar-refractivity contribution in [3.05, 3.63) is 96.1 Å². The van der Waals surface area contributed by atoms with E-state index in [9.17, 15) is 9.59 Å². The molecule has 0 saturated carbocycles. The van der Waals surface area contributed by atoms with Crippen molar-refractivity contribution in [3.63, 3.8) is 0 Å². The van der Waals surface area contributed by atoms with Crippen molar-refractivity contribution in [2.24, 2.45) is 0 Å². The minimum absolute atomic E-state index is 0.0462. The van der Waals surface area contributed by atoms with E-state index < -0.39 is 0 Å². The zero-order valence-electron chi connectivity index (χ0n) is 16.5. The Kier molecular flexibility index (Phi) is 5.94. The van der Waals surface area contributed by atoms with Gasteiger partial charge in [-0.1, -0.05) is 42.5 Å². The summed E-state index contributed by atoms with van der Waals surface area (Å²) in [6, 6.07) is 20.6. The number of nitrogens with zero attached hydrogens (tertiary/aromatic N) is 3. The van der Waals surface area contributed by atoms with Crippen LogP contribution in [0.4, 0.5) is 0 Å². The normalized spacial score (nSPS) is 10.8. The number of benzene rings is 2. The van der Waals surface area contributed by atoms with E-state index in [1.807, 2.05) is 59.2 Å². The van der Waals surface area contributed by atoms with E-state index in [0.29, 0.717) is 24.1 Å². The number of aromatic nitrogens is 3. The highest BCUT2D eigenvalue weighted by atomic mass is 16.1. The third-order valence-electron chi connectivity index (χ3n) is 4.92. The molecule has 6 heteroatoms. The first kappa shape index (κ1) is 19.5. The molecule has 0 aliphatic rings. The number of imidazole rings is 1. The standard InChI is InChI=1S/C24H22N4O2/c29-22(18-8-2-1-3-9-18)17-28-21-12-5-4-11-20(21)27-23(28)13-7-15-26-24(30)19-10-6-14-25-16-19/h1-6,8-12,14,16H,7,13,15,17H2,(H,26,30). The molecule has 4 rings (SSSR count). The van der Waals surface area contributed by atoms with Crippen LogP contribution in [0.5, 0.6) is 0 Å². The second-order valence-electron chi connectivity index (χ2n) is 6.99. The van der Waals surface area contributed by atoms with E-state index in [1.165, 1.54) is 0 Å². The number of para-hydroxylation sites is 2. The lowest BCUT2D eigenvalue weighted by Gasteiger charge is -2.09. The second kappa shape index (κ2) is 9.13. The molecule has 0 saturated heterocycles. The Balaban J connectivity index is 1.45. The molecule has 0 atom stereocenters. The van der Waals surface area contributed by atoms with Crippen LogP contribution in [0.3, 0.4) is 0 Å². The maximum atomic E-state index is 12.8. The monoisotopic (exact) mass is 398 g/mol. The summed E-state index contributed by atoms with van der Waals surface area (Å²) >= 11 is 0. The van der Waals surface area contributed by atoms with Crippen LogP contribution in [0.2, 0.25) is 0 Å². The number of fused-ring (bicyclic) bond motifs is 1. The van der Waals surface area contributed by atoms with Gasteiger partial charge in [-0.25, -0.2) is 4.98 Å². The summed E-state index contributed by atoms with van der Waals surface area (Å²) in [6.45, 7) is 0.755. The van der Waals surface area contributed by atoms with Gasteiger partial charge in [0.1, 0.15) is 5.82 Å². The van der Waals surface area contributed by atoms with Gasteiger partial charge in [-0.2, -0.15) is 0 Å². The lowest BCUT2D eigenvalue weighted by Crippen LogP contribution is -2.25. The van der Waals surface area contributed by atoms with Crippen LogP contribution in [-0.2, 0) is 13.0 Å². The predicted molar refractivity (Wildman–Crippen MR) is 115 cm³/mol. The van der Waals surface area contributed by atoms with Gasteiger partial charge < -0.3 is 9.88 Å². The first-order valence-corrected chi connectivity index (χ1v) is 9.93. The summed E-state index contributed by atoms with van der Waals surface area (Å²) in [7, 11) is 0. The minimum atomic E-state index is -0.143. The van der Waals surface area contributed by atoms with Crippen molar-refractivity contribution in [2.75, 3.05) is 6.54 Å². The molecule has 2 aromatic carbocycles. The molecule has 0 aliphatic carbocycles. The molecule has 0 spiro atoms. The second-order valence-corrected chi connectivity index (χ2v) is 6.99. The third kappa shape index (κ3) is 4.43. The number of carbonyl (C=O) groups is 2. The van der Waals surface area contributed by atoms with Gasteiger partial charge in [0.05, 0.1) is 23.1 Å². The first-order chi connectivity index (χ1) is 14.7. The minimum Gasteiger partial charge on any atom is -0.352 e. The van der Waals surface area contributed by atoms with Crippen molar-refractivity contribution in [2.45, 2.75) is 19.4 Å². The molecule has 6 nitrogen and oxygen atoms in total. The van der Waals surface area contributed by atoms with Crippen LogP contribution >= 0.6 is 0 Å². The molecule has 4 aromatic rings. The molecule has 150 valence electrons. The molecular formula is C24H22N4O2. The van der Waals surface area contributed by atoms with E-state index in [4.69, 9.17) is 4.98 Å². The molecule has 0 unspecified atom stereocenters. The van der Waals surface area contributed by atoms with Gasteiger partial charge in [-0.15, -0.1) is 0 Å². The fourth-order valence-electron chi connectivity index (χ4n) is 3.40. The number of pyridine rings is 1. The fraction of sp³-hybridized carbons (Fsp3) is 0.167. The summed E-state index contributed by atoms with van der Waals surface area (Å²) in [5.74, 6) is 0.747. The molecule has 0 radical (unpaired) electrons. The average molecular weight is 398 g/mol. The largest absolute Gasteiger partial charge is 0.352 e. The van der Waals surface area contributed by atoms with Gasteiger partial charge in [0.2, 0.25) is 0 Å². The number of carbonyl (C=O) groups excluding carboxylic acids is 2. The molecule has 2 heterocycles. The van der Waals surface area contributed by atoms with Crippen molar-refractivity contribution in [3.8, 4) is 0 Å². The molecule has 0 fully saturated rings. The summed E-state index contributed by atoms with van der Waals surface area (Å²) in [6.07, 6.45) is 4.56. The summed E-state index contributed by atoms with van der Waals surface area (Å²) < 4.78 is 1.98. The number of amides is 1. The molecule has 1 N–H and O–H groups in total. The SMILES string of the molecule is O=C(Cn1c(CCCNC(=O)c2cccnc2)nc2ccccc21)c1ccccc1. The number of hydrogen-bond donors (Lipinski definition) is 1. The molecule has 1 amide bonds. The van der Waals surface area contributed by atoms with E-state index in [2.05, 4.69) is 10.3 Å². The first-order valence-electron chi connectivity index (χ1n) is 9.93. The van der Waals surface area contributed by atoms with Gasteiger partial charge in [-0.05, 0) is 30.7 Å². The maximum absolute atomic E-state index is 12.8. The summed E-state index contributed by atoms with van der Waals surface area (Å²) in [5.41, 5.74) is 3.03. The highest BCUT2D eigenvalue weighted by Gasteiger charge is 2.14. The van der Waals surface area contributed by atoms with Gasteiger partial charge in [0, 0.05) is 30.9 Å². The van der Waals surface area contributed by atoms with Crippen molar-refractivity contribution in [1.29, 1.82) is 0 Å². The number of aryl methyl sites for hydroxylation is 1. The average Bonchev–Trinajstić information content (AvgIpc) is 3.15. The van der Waals surface area contributed by atoms with Crippen LogP contribution in [0.25, 0.3) is 11.0 Å². The van der Waals surface area contributed by atoms with E-state index >= 15 is 0 Å². The molecule has 30 heavy (non-hydrogen) atoms. The Bertz CT molecular complexity index is 1150. The molecule has 2 aromatic heterocycles. The predicted octanol–water partition coefficient (Wildman–Crippen LogP) is 3.68. The zero-order valence-corrected chi connectivity index (χ0v) is 16.5. The quantitative estimate of drug-likeness (QED) is 0.363. The van der Waals surface area contributed by atoms with E-state index in [1.54, 1.807) is 24.5 Å². The third-order valence-corrected chi connectivity index (χ3v) is 4.92. The van der Waals surface area contributed by atoms with E-state index in [-0.39, 0.29) is 18.2 Å². The highest BCUT2D eigenvalue weighted by Crippen LogP contribution is 2.18. The number of hydrogen-bond acceptors (Lipinski definition) is 4. The topological polar surface area (TPSA) is 76.9 Å². The Labute approximate surface area is 174 Å². The maximum Gasteiger partial charge on any atom is 0.252 e. The zero-order chi connectivity index (χ0) is 20.8. The fourth-order valence-corrected chi connectivity index (χ4v) is 3.40. The van der Waals surface area contributed by atoms with Crippen molar-refractivity contribution < 1.29 is 9.59 Å². The van der Waals surface area contributed by atoms with Crippen molar-refractivity contribution >= 4 is 22.7 Å². The van der Waals surface area contributed by atoms with Crippen LogP contribution in [0, 0.1) is 0 Å². The lowest BCUT2D eigenvalue weighted by atomic mass is 10.1. The number of ketones is 1. The summed E-state index contributed by atoms with van der Waals surface area (Å²) in [4.78, 5) is 33.6. The Hall–Kier alpha value is -3.80. The van der Waals surface area contributed by atoms with Crippen molar-refractivity contribution in [1.82, 2.24) is 19.9 Å². The molecule has 0 bridgehead atoms. The number of rotatable bonds is 8. The Morgan fingerprint density at radius 3 is 2.47 bits per heavy atom. The number of Topliss-reactive ketones (excluding diaryl/α,β-unsaturated/α-hetero) is 1. The van der Waals surface area contributed by atoms with Gasteiger partial charge in [-0.3, -0.25) is 14.6 Å². The lowest BCUT2D eigenvalue weighted by molar-refractivity contribution is 0.0951. The highest BCUT2D eigenvalue weighted by molar-refractivity contribution is 5.96. The van der Waals surface area contributed by atoms with Crippen LogP contribution in [0.15, 0.2) is 79.1 Å². The molecule has 0 aliphatic heterocycles. The van der Waals surface area contributed by atoms with Gasteiger partial charge in [0.15, 0.2) is 5.78 Å². The van der Waals surface area contributed by atoms with Crippen LogP contribution < -0.4 is 5.32 Å². The van der Waals surface area contributed by atoms with Crippen LogP contribution in [-0.4, -0.2) is 32.8 Å². The smallest absolute Gasteiger partial charge is 0.252 e. The molecular weight excluding hydrogens is 376 g/mol. The Morgan fingerprint density at radius 2 is 1.67 bits per heavy atom. The summed E-state index contributed by atoms with van der Waals surface area (Å²) in [5, 5.41) is 2.91. The van der Waals surface area contributed by atoms with E-state index in [0.717, 1.165) is 23.3 Å². The van der Waals surface area contributed by atoms with Crippen LogP contribution in [0.1, 0.15) is 33.0 Å². The van der Waals surface area contributed by atoms with Gasteiger partial charge in [0.25, 0.3) is 5.91 Å². The number of nitrogens with one attached hydrogen (secondary N) is 1.